The highest BCUT2D eigenvalue weighted by Gasteiger charge is 2.30. The fourth-order valence-electron chi connectivity index (χ4n) is 1.77. The smallest absolute Gasteiger partial charge is 0.396 e. The molecule has 0 radical (unpaired) electrons. The Kier molecular flexibility index (Phi) is 3.28. The van der Waals surface area contributed by atoms with Crippen LogP contribution in [0, 0.1) is 0 Å². The Morgan fingerprint density at radius 3 is 2.00 bits per heavy atom. The summed E-state index contributed by atoms with van der Waals surface area (Å²) < 4.78 is 39.3. The summed E-state index contributed by atoms with van der Waals surface area (Å²) in [6.45, 7) is 5.90. The molecule has 0 aliphatic heterocycles. The Balaban J connectivity index is 2.40. The van der Waals surface area contributed by atoms with Gasteiger partial charge in [-0.05, 0) is 32.9 Å². The number of nitrogens with two attached hydrogens (primary N) is 1. The number of hydrogen-bond acceptors (Lipinski definition) is 2. The number of nitrogens with zero attached hydrogens (tertiary/aromatic N) is 2. The Hall–Kier alpha value is -1.98. The number of halogens is 3. The molecule has 0 amide bonds. The maximum atomic E-state index is 12.5. The number of rotatable bonds is 1. The third-order valence-electron chi connectivity index (χ3n) is 2.92. The first kappa shape index (κ1) is 14.4. The van der Waals surface area contributed by atoms with Crippen molar-refractivity contribution in [1.82, 2.24) is 9.78 Å². The molecule has 2 N–H and O–H groups in total. The number of nitrogen functional groups attached to an aromatic ring is 1. The van der Waals surface area contributed by atoms with E-state index in [0.29, 0.717) is 16.9 Å². The molecular weight excluding hydrogens is 267 g/mol. The van der Waals surface area contributed by atoms with Gasteiger partial charge in [-0.15, -0.1) is 0 Å². The predicted octanol–water partition coefficient (Wildman–Crippen LogP) is 3.91. The highest BCUT2D eigenvalue weighted by atomic mass is 19.4. The maximum Gasteiger partial charge on any atom is 0.416 e. The average molecular weight is 283 g/mol. The molecule has 0 fully saturated rings. The minimum atomic E-state index is -4.34. The first-order chi connectivity index (χ1) is 9.09. The second-order valence-corrected chi connectivity index (χ2v) is 5.62. The minimum absolute atomic E-state index is 0.238. The molecule has 0 aliphatic rings. The molecule has 6 heteroatoms. The quantitative estimate of drug-likeness (QED) is 0.862. The Labute approximate surface area is 115 Å². The summed E-state index contributed by atoms with van der Waals surface area (Å²) in [5.74, 6) is 0. The first-order valence-electron chi connectivity index (χ1n) is 6.12. The molecule has 0 unspecified atom stereocenters. The van der Waals surface area contributed by atoms with Gasteiger partial charge in [0.05, 0.1) is 16.8 Å². The highest BCUT2D eigenvalue weighted by molar-refractivity contribution is 5.72. The fraction of sp³-hybridized carbons (Fsp3) is 0.357. The number of alkyl halides is 3. The van der Waals surface area contributed by atoms with Crippen molar-refractivity contribution in [2.45, 2.75) is 32.5 Å². The molecule has 0 saturated carbocycles. The summed E-state index contributed by atoms with van der Waals surface area (Å²) >= 11 is 0. The van der Waals surface area contributed by atoms with Gasteiger partial charge in [0.1, 0.15) is 5.69 Å². The van der Waals surface area contributed by atoms with Gasteiger partial charge >= 0.3 is 6.18 Å². The molecule has 3 nitrogen and oxygen atoms in total. The van der Waals surface area contributed by atoms with Crippen LogP contribution in [0.5, 0.6) is 0 Å². The normalized spacial score (nSPS) is 12.7. The predicted molar refractivity (Wildman–Crippen MR) is 72.1 cm³/mol. The highest BCUT2D eigenvalue weighted by Crippen LogP contribution is 2.32. The van der Waals surface area contributed by atoms with Gasteiger partial charge in [-0.3, -0.25) is 4.68 Å². The Morgan fingerprint density at radius 1 is 1.05 bits per heavy atom. The molecule has 108 valence electrons. The van der Waals surface area contributed by atoms with Crippen molar-refractivity contribution < 1.29 is 13.2 Å². The van der Waals surface area contributed by atoms with Crippen LogP contribution in [0.15, 0.2) is 30.5 Å². The standard InChI is InChI=1S/C14H16F3N3/c1-13(2,3)20-8-11(18)12(19-20)9-4-6-10(7-5-9)14(15,16)17/h4-8H,18H2,1-3H3. The Bertz CT molecular complexity index is 604. The van der Waals surface area contributed by atoms with E-state index in [1.165, 1.54) is 12.1 Å². The van der Waals surface area contributed by atoms with Crippen LogP contribution in [0.25, 0.3) is 11.3 Å². The molecule has 2 rings (SSSR count). The average Bonchev–Trinajstić information content (AvgIpc) is 2.70. The zero-order chi connectivity index (χ0) is 15.1. The van der Waals surface area contributed by atoms with Crippen LogP contribution in [0.2, 0.25) is 0 Å². The lowest BCUT2D eigenvalue weighted by Gasteiger charge is -2.18. The van der Waals surface area contributed by atoms with Crippen LogP contribution in [-0.2, 0) is 11.7 Å². The number of benzene rings is 1. The van der Waals surface area contributed by atoms with E-state index in [9.17, 15) is 13.2 Å². The van der Waals surface area contributed by atoms with E-state index in [1.54, 1.807) is 10.9 Å². The van der Waals surface area contributed by atoms with Gasteiger partial charge in [-0.2, -0.15) is 18.3 Å². The van der Waals surface area contributed by atoms with Crippen LogP contribution in [0.4, 0.5) is 18.9 Å². The van der Waals surface area contributed by atoms with Crippen molar-refractivity contribution in [3.63, 3.8) is 0 Å². The third kappa shape index (κ3) is 2.79. The second kappa shape index (κ2) is 4.54. The molecule has 1 heterocycles. The molecule has 1 aromatic heterocycles. The van der Waals surface area contributed by atoms with Crippen molar-refractivity contribution >= 4 is 5.69 Å². The zero-order valence-corrected chi connectivity index (χ0v) is 11.5. The topological polar surface area (TPSA) is 43.8 Å². The molecule has 0 spiro atoms. The molecule has 2 aromatic rings. The molecule has 0 aliphatic carbocycles. The Morgan fingerprint density at radius 2 is 1.60 bits per heavy atom. The molecule has 20 heavy (non-hydrogen) atoms. The van der Waals surface area contributed by atoms with Gasteiger partial charge < -0.3 is 5.73 Å². The van der Waals surface area contributed by atoms with Crippen molar-refractivity contribution in [3.8, 4) is 11.3 Å². The van der Waals surface area contributed by atoms with Gasteiger partial charge in [-0.25, -0.2) is 0 Å². The molecular formula is C14H16F3N3. The molecule has 0 atom stereocenters. The van der Waals surface area contributed by atoms with Crippen LogP contribution in [0.3, 0.4) is 0 Å². The number of anilines is 1. The third-order valence-corrected chi connectivity index (χ3v) is 2.92. The van der Waals surface area contributed by atoms with E-state index in [-0.39, 0.29) is 5.54 Å². The van der Waals surface area contributed by atoms with Crippen LogP contribution < -0.4 is 5.73 Å². The molecule has 0 saturated heterocycles. The van der Waals surface area contributed by atoms with E-state index in [0.717, 1.165) is 12.1 Å². The van der Waals surface area contributed by atoms with E-state index in [2.05, 4.69) is 5.10 Å². The van der Waals surface area contributed by atoms with Gasteiger partial charge in [0.15, 0.2) is 0 Å². The van der Waals surface area contributed by atoms with E-state index >= 15 is 0 Å². The van der Waals surface area contributed by atoms with E-state index < -0.39 is 11.7 Å². The summed E-state index contributed by atoms with van der Waals surface area (Å²) in [4.78, 5) is 0. The lowest BCUT2D eigenvalue weighted by atomic mass is 10.1. The lowest BCUT2D eigenvalue weighted by Crippen LogP contribution is -2.22. The van der Waals surface area contributed by atoms with Gasteiger partial charge in [-0.1, -0.05) is 12.1 Å². The van der Waals surface area contributed by atoms with Crippen LogP contribution in [0.1, 0.15) is 26.3 Å². The second-order valence-electron chi connectivity index (χ2n) is 5.62. The van der Waals surface area contributed by atoms with Crippen molar-refractivity contribution in [1.29, 1.82) is 0 Å². The molecule has 0 bridgehead atoms. The zero-order valence-electron chi connectivity index (χ0n) is 11.5. The van der Waals surface area contributed by atoms with Gasteiger partial charge in [0.25, 0.3) is 0 Å². The minimum Gasteiger partial charge on any atom is -0.396 e. The first-order valence-corrected chi connectivity index (χ1v) is 6.12. The summed E-state index contributed by atoms with van der Waals surface area (Å²) in [6.07, 6.45) is -2.65. The number of aromatic nitrogens is 2. The maximum absolute atomic E-state index is 12.5. The van der Waals surface area contributed by atoms with Crippen LogP contribution >= 0.6 is 0 Å². The summed E-state index contributed by atoms with van der Waals surface area (Å²) in [5.41, 5.74) is 6.47. The monoisotopic (exact) mass is 283 g/mol. The van der Waals surface area contributed by atoms with Crippen molar-refractivity contribution in [3.05, 3.63) is 36.0 Å². The van der Waals surface area contributed by atoms with Gasteiger partial charge in [0.2, 0.25) is 0 Å². The summed E-state index contributed by atoms with van der Waals surface area (Å²) in [7, 11) is 0. The SMILES string of the molecule is CC(C)(C)n1cc(N)c(-c2ccc(C(F)(F)F)cc2)n1. The van der Waals surface area contributed by atoms with E-state index in [4.69, 9.17) is 5.73 Å². The van der Waals surface area contributed by atoms with Gasteiger partial charge in [0, 0.05) is 11.8 Å². The van der Waals surface area contributed by atoms with Crippen LogP contribution in [-0.4, -0.2) is 9.78 Å². The summed E-state index contributed by atoms with van der Waals surface area (Å²) in [6, 6.07) is 4.83. The summed E-state index contributed by atoms with van der Waals surface area (Å²) in [5, 5.41) is 4.35. The largest absolute Gasteiger partial charge is 0.416 e. The van der Waals surface area contributed by atoms with E-state index in [1.807, 2.05) is 20.8 Å². The number of hydrogen-bond donors (Lipinski definition) is 1. The molecule has 1 aromatic carbocycles. The lowest BCUT2D eigenvalue weighted by molar-refractivity contribution is -0.137. The van der Waals surface area contributed by atoms with Crippen molar-refractivity contribution in [2.24, 2.45) is 0 Å². The fourth-order valence-corrected chi connectivity index (χ4v) is 1.77. The van der Waals surface area contributed by atoms with Crippen molar-refractivity contribution in [2.75, 3.05) is 5.73 Å².